The topological polar surface area (TPSA) is 108 Å². The third-order valence-corrected chi connectivity index (χ3v) is 4.91. The number of nitrogens with one attached hydrogen (secondary N) is 2. The summed E-state index contributed by atoms with van der Waals surface area (Å²) >= 11 is 6.41. The molecule has 1 fully saturated rings. The van der Waals surface area contributed by atoms with Crippen LogP contribution in [0.4, 0.5) is 5.95 Å². The number of hydrogen-bond acceptors (Lipinski definition) is 6. The Kier molecular flexibility index (Phi) is 4.73. The van der Waals surface area contributed by atoms with Crippen molar-refractivity contribution >= 4 is 28.7 Å². The number of aromatic nitrogens is 4. The zero-order valence-electron chi connectivity index (χ0n) is 14.5. The molecule has 3 heterocycles. The second kappa shape index (κ2) is 7.18. The average Bonchev–Trinajstić information content (AvgIpc) is 3.07. The van der Waals surface area contributed by atoms with E-state index in [1.165, 1.54) is 4.57 Å². The number of H-pyrrole nitrogens is 1. The van der Waals surface area contributed by atoms with E-state index in [-0.39, 0.29) is 24.3 Å². The highest BCUT2D eigenvalue weighted by Crippen LogP contribution is 2.29. The summed E-state index contributed by atoms with van der Waals surface area (Å²) in [4.78, 5) is 33.9. The summed E-state index contributed by atoms with van der Waals surface area (Å²) in [5.41, 5.74) is -0.0824. The molecule has 0 amide bonds. The summed E-state index contributed by atoms with van der Waals surface area (Å²) < 4.78 is 2.96. The van der Waals surface area contributed by atoms with Gasteiger partial charge in [-0.1, -0.05) is 23.7 Å². The SMILES string of the molecule is O=c1[nH]c(=O)n(CCO)c2nc(N3CCNCC3)n(-c3ccccc3Cl)c12. The predicted octanol–water partition coefficient (Wildman–Crippen LogP) is -0.0692. The molecule has 1 aromatic carbocycles. The van der Waals surface area contributed by atoms with Crippen LogP contribution in [0.15, 0.2) is 33.9 Å². The van der Waals surface area contributed by atoms with Gasteiger partial charge in [0.1, 0.15) is 0 Å². The quantitative estimate of drug-likeness (QED) is 0.575. The average molecular weight is 391 g/mol. The Labute approximate surface area is 158 Å². The number of aromatic amines is 1. The van der Waals surface area contributed by atoms with Gasteiger partial charge >= 0.3 is 5.69 Å². The Balaban J connectivity index is 2.09. The number of imidazole rings is 1. The summed E-state index contributed by atoms with van der Waals surface area (Å²) in [6, 6.07) is 7.17. The lowest BCUT2D eigenvalue weighted by Gasteiger charge is -2.28. The second-order valence-electron chi connectivity index (χ2n) is 6.24. The van der Waals surface area contributed by atoms with Crippen molar-refractivity contribution in [1.82, 2.24) is 24.4 Å². The molecule has 0 unspecified atom stereocenters. The number of piperazine rings is 1. The number of hydrogen-bond donors (Lipinski definition) is 3. The molecular weight excluding hydrogens is 372 g/mol. The fourth-order valence-electron chi connectivity index (χ4n) is 3.35. The molecule has 0 saturated carbocycles. The molecule has 142 valence electrons. The molecule has 10 heteroatoms. The highest BCUT2D eigenvalue weighted by Gasteiger charge is 2.25. The van der Waals surface area contributed by atoms with Gasteiger partial charge in [-0.05, 0) is 12.1 Å². The Morgan fingerprint density at radius 1 is 1.19 bits per heavy atom. The largest absolute Gasteiger partial charge is 0.395 e. The molecule has 3 N–H and O–H groups in total. The smallest absolute Gasteiger partial charge is 0.330 e. The monoisotopic (exact) mass is 390 g/mol. The summed E-state index contributed by atoms with van der Waals surface area (Å²) in [7, 11) is 0. The van der Waals surface area contributed by atoms with E-state index in [2.05, 4.69) is 15.3 Å². The van der Waals surface area contributed by atoms with Crippen LogP contribution in [0.2, 0.25) is 5.02 Å². The van der Waals surface area contributed by atoms with E-state index >= 15 is 0 Å². The number of aliphatic hydroxyl groups excluding tert-OH is 1. The molecule has 1 aliphatic heterocycles. The van der Waals surface area contributed by atoms with Gasteiger partial charge in [0.2, 0.25) is 5.95 Å². The van der Waals surface area contributed by atoms with Crippen LogP contribution in [0.1, 0.15) is 0 Å². The van der Waals surface area contributed by atoms with Gasteiger partial charge in [-0.2, -0.15) is 4.98 Å². The van der Waals surface area contributed by atoms with Crippen LogP contribution in [0, 0.1) is 0 Å². The first kappa shape index (κ1) is 17.8. The van der Waals surface area contributed by atoms with Gasteiger partial charge in [0.25, 0.3) is 5.56 Å². The van der Waals surface area contributed by atoms with Crippen LogP contribution in [-0.4, -0.2) is 57.0 Å². The lowest BCUT2D eigenvalue weighted by molar-refractivity contribution is 0.275. The summed E-state index contributed by atoms with van der Waals surface area (Å²) in [6.07, 6.45) is 0. The lowest BCUT2D eigenvalue weighted by Crippen LogP contribution is -2.44. The van der Waals surface area contributed by atoms with E-state index in [4.69, 9.17) is 11.6 Å². The third kappa shape index (κ3) is 3.03. The molecule has 1 saturated heterocycles. The van der Waals surface area contributed by atoms with Crippen LogP contribution >= 0.6 is 11.6 Å². The van der Waals surface area contributed by atoms with Crippen molar-refractivity contribution in [3.8, 4) is 5.69 Å². The van der Waals surface area contributed by atoms with Gasteiger partial charge in [0.05, 0.1) is 23.9 Å². The van der Waals surface area contributed by atoms with E-state index in [0.29, 0.717) is 29.7 Å². The molecule has 0 radical (unpaired) electrons. The van der Waals surface area contributed by atoms with E-state index in [1.807, 2.05) is 11.0 Å². The summed E-state index contributed by atoms with van der Waals surface area (Å²) in [6.45, 7) is 2.76. The van der Waals surface area contributed by atoms with E-state index in [0.717, 1.165) is 13.1 Å². The Morgan fingerprint density at radius 3 is 2.63 bits per heavy atom. The molecular formula is C17H19ClN6O3. The van der Waals surface area contributed by atoms with E-state index in [1.54, 1.807) is 22.8 Å². The first-order valence-corrected chi connectivity index (χ1v) is 9.06. The van der Waals surface area contributed by atoms with Gasteiger partial charge in [0, 0.05) is 26.2 Å². The number of halogens is 1. The van der Waals surface area contributed by atoms with Gasteiger partial charge < -0.3 is 15.3 Å². The summed E-state index contributed by atoms with van der Waals surface area (Å²) in [5, 5.41) is 13.1. The normalized spacial score (nSPS) is 14.8. The molecule has 0 aliphatic carbocycles. The number of fused-ring (bicyclic) bond motifs is 1. The van der Waals surface area contributed by atoms with Crippen molar-refractivity contribution < 1.29 is 5.11 Å². The molecule has 4 rings (SSSR count). The van der Waals surface area contributed by atoms with Crippen molar-refractivity contribution in [2.75, 3.05) is 37.7 Å². The van der Waals surface area contributed by atoms with Crippen LogP contribution in [0.25, 0.3) is 16.9 Å². The van der Waals surface area contributed by atoms with Gasteiger partial charge in [0.15, 0.2) is 11.2 Å². The Hall–Kier alpha value is -2.62. The number of nitrogens with zero attached hydrogens (tertiary/aromatic N) is 4. The zero-order chi connectivity index (χ0) is 19.0. The van der Waals surface area contributed by atoms with Crippen LogP contribution < -0.4 is 21.5 Å². The number of rotatable bonds is 4. The predicted molar refractivity (Wildman–Crippen MR) is 103 cm³/mol. The lowest BCUT2D eigenvalue weighted by atomic mass is 10.3. The minimum Gasteiger partial charge on any atom is -0.395 e. The fraction of sp³-hybridized carbons (Fsp3) is 0.353. The minimum absolute atomic E-state index is 0.0344. The minimum atomic E-state index is -0.600. The van der Waals surface area contributed by atoms with Crippen LogP contribution in [0.5, 0.6) is 0 Å². The highest BCUT2D eigenvalue weighted by atomic mass is 35.5. The maximum Gasteiger partial charge on any atom is 0.330 e. The number of aliphatic hydroxyl groups is 1. The molecule has 9 nitrogen and oxygen atoms in total. The zero-order valence-corrected chi connectivity index (χ0v) is 15.2. The number of anilines is 1. The fourth-order valence-corrected chi connectivity index (χ4v) is 3.57. The van der Waals surface area contributed by atoms with Gasteiger partial charge in [-0.3, -0.25) is 18.9 Å². The van der Waals surface area contributed by atoms with Gasteiger partial charge in [-0.15, -0.1) is 0 Å². The molecule has 0 atom stereocenters. The molecule has 0 spiro atoms. The number of benzene rings is 1. The summed E-state index contributed by atoms with van der Waals surface area (Å²) in [5.74, 6) is 0.544. The van der Waals surface area contributed by atoms with Crippen LogP contribution in [-0.2, 0) is 6.54 Å². The van der Waals surface area contributed by atoms with Crippen molar-refractivity contribution in [1.29, 1.82) is 0 Å². The first-order valence-electron chi connectivity index (χ1n) is 8.69. The first-order chi connectivity index (χ1) is 13.1. The standard InChI is InChI=1S/C17H19ClN6O3/c18-11-3-1-2-4-12(11)24-13-14(20-16(24)22-7-5-19-6-8-22)23(9-10-25)17(27)21-15(13)26/h1-4,19,25H,5-10H2,(H,21,26,27). The molecule has 3 aromatic rings. The maximum atomic E-state index is 12.7. The Bertz CT molecular complexity index is 1100. The van der Waals surface area contributed by atoms with Gasteiger partial charge in [-0.25, -0.2) is 4.79 Å². The second-order valence-corrected chi connectivity index (χ2v) is 6.65. The highest BCUT2D eigenvalue weighted by molar-refractivity contribution is 6.32. The van der Waals surface area contributed by atoms with Crippen molar-refractivity contribution in [2.24, 2.45) is 0 Å². The van der Waals surface area contributed by atoms with E-state index in [9.17, 15) is 14.7 Å². The molecule has 0 bridgehead atoms. The van der Waals surface area contributed by atoms with Crippen molar-refractivity contribution in [3.05, 3.63) is 50.1 Å². The van der Waals surface area contributed by atoms with E-state index < -0.39 is 11.2 Å². The maximum absolute atomic E-state index is 12.7. The molecule has 2 aromatic heterocycles. The number of para-hydroxylation sites is 1. The molecule has 27 heavy (non-hydrogen) atoms. The van der Waals surface area contributed by atoms with Crippen molar-refractivity contribution in [3.63, 3.8) is 0 Å². The van der Waals surface area contributed by atoms with Crippen molar-refractivity contribution in [2.45, 2.75) is 6.54 Å². The molecule has 1 aliphatic rings. The Morgan fingerprint density at radius 2 is 1.93 bits per heavy atom. The third-order valence-electron chi connectivity index (χ3n) is 4.59. The van der Waals surface area contributed by atoms with Crippen LogP contribution in [0.3, 0.4) is 0 Å².